The first-order chi connectivity index (χ1) is 6.68. The minimum atomic E-state index is -0.932. The van der Waals surface area contributed by atoms with Crippen molar-refractivity contribution < 1.29 is 9.90 Å². The van der Waals surface area contributed by atoms with Crippen molar-refractivity contribution in [3.05, 3.63) is 29.2 Å². The molecule has 2 aromatic heterocycles. The topological polar surface area (TPSA) is 68.0 Å². The maximum absolute atomic E-state index is 10.9. The third-order valence-corrected chi connectivity index (χ3v) is 2.78. The molecule has 0 aliphatic rings. The molecule has 72 valence electrons. The van der Waals surface area contributed by atoms with Crippen LogP contribution in [-0.4, -0.2) is 25.8 Å². The van der Waals surface area contributed by atoms with E-state index in [4.69, 9.17) is 5.11 Å². The van der Waals surface area contributed by atoms with E-state index in [2.05, 4.69) is 10.2 Å². The van der Waals surface area contributed by atoms with Crippen LogP contribution in [0, 0.1) is 6.92 Å². The van der Waals surface area contributed by atoms with E-state index in [0.29, 0.717) is 5.00 Å². The molecule has 0 atom stereocenters. The van der Waals surface area contributed by atoms with Crippen LogP contribution in [-0.2, 0) is 0 Å². The Balaban J connectivity index is 2.58. The van der Waals surface area contributed by atoms with Crippen LogP contribution in [0.1, 0.15) is 15.2 Å². The molecule has 2 rings (SSSR count). The Morgan fingerprint density at radius 2 is 2.14 bits per heavy atom. The van der Waals surface area contributed by atoms with Crippen LogP contribution in [0.4, 0.5) is 0 Å². The van der Waals surface area contributed by atoms with E-state index in [1.807, 2.05) is 6.92 Å². The van der Waals surface area contributed by atoms with Crippen molar-refractivity contribution in [1.82, 2.24) is 14.8 Å². The quantitative estimate of drug-likeness (QED) is 0.810. The van der Waals surface area contributed by atoms with Gasteiger partial charge in [0.05, 0.1) is 5.56 Å². The lowest BCUT2D eigenvalue weighted by atomic mass is 10.3. The summed E-state index contributed by atoms with van der Waals surface area (Å²) in [5, 5.41) is 16.8. The van der Waals surface area contributed by atoms with Gasteiger partial charge in [-0.05, 0) is 13.0 Å². The van der Waals surface area contributed by atoms with Gasteiger partial charge in [-0.1, -0.05) is 0 Å². The zero-order valence-corrected chi connectivity index (χ0v) is 8.15. The molecule has 0 unspecified atom stereocenters. The summed E-state index contributed by atoms with van der Waals surface area (Å²) in [6.07, 6.45) is 2.97. The van der Waals surface area contributed by atoms with Crippen LogP contribution in [0.2, 0.25) is 0 Å². The number of aromatic carboxylic acids is 1. The molecule has 0 aliphatic carbocycles. The average molecular weight is 209 g/mol. The van der Waals surface area contributed by atoms with Gasteiger partial charge in [0, 0.05) is 4.88 Å². The lowest BCUT2D eigenvalue weighted by molar-refractivity contribution is 0.0697. The lowest BCUT2D eigenvalue weighted by Gasteiger charge is -1.97. The van der Waals surface area contributed by atoms with Gasteiger partial charge in [-0.2, -0.15) is 0 Å². The predicted octanol–water partition coefficient (Wildman–Crippen LogP) is 1.34. The van der Waals surface area contributed by atoms with E-state index in [1.165, 1.54) is 24.0 Å². The molecule has 6 heteroatoms. The Bertz CT molecular complexity index is 461. The number of carbonyl (C=O) groups is 1. The zero-order chi connectivity index (χ0) is 10.1. The summed E-state index contributed by atoms with van der Waals surface area (Å²) in [5.41, 5.74) is 0.285. The Kier molecular flexibility index (Phi) is 2.05. The van der Waals surface area contributed by atoms with Crippen LogP contribution in [0.15, 0.2) is 18.7 Å². The van der Waals surface area contributed by atoms with Crippen molar-refractivity contribution in [1.29, 1.82) is 0 Å². The van der Waals surface area contributed by atoms with Crippen LogP contribution in [0.5, 0.6) is 0 Å². The summed E-state index contributed by atoms with van der Waals surface area (Å²) < 4.78 is 1.60. The van der Waals surface area contributed by atoms with Gasteiger partial charge in [-0.25, -0.2) is 4.79 Å². The number of carboxylic acid groups (broad SMARTS) is 1. The highest BCUT2D eigenvalue weighted by Gasteiger charge is 2.14. The zero-order valence-electron chi connectivity index (χ0n) is 7.34. The van der Waals surface area contributed by atoms with Gasteiger partial charge in [-0.15, -0.1) is 21.5 Å². The molecule has 0 saturated heterocycles. The Morgan fingerprint density at radius 3 is 2.71 bits per heavy atom. The largest absolute Gasteiger partial charge is 0.478 e. The highest BCUT2D eigenvalue weighted by molar-refractivity contribution is 7.14. The monoisotopic (exact) mass is 209 g/mol. The van der Waals surface area contributed by atoms with Crippen molar-refractivity contribution in [2.24, 2.45) is 0 Å². The molecule has 0 fully saturated rings. The maximum atomic E-state index is 10.9. The summed E-state index contributed by atoms with van der Waals surface area (Å²) in [5.74, 6) is -0.932. The van der Waals surface area contributed by atoms with Crippen molar-refractivity contribution >= 4 is 17.3 Å². The first-order valence-corrected chi connectivity index (χ1v) is 4.69. The lowest BCUT2D eigenvalue weighted by Crippen LogP contribution is -1.99. The molecule has 0 aliphatic heterocycles. The molecule has 2 aromatic rings. The molecule has 2 heterocycles. The third-order valence-electron chi connectivity index (χ3n) is 1.72. The molecule has 0 amide bonds. The first kappa shape index (κ1) is 8.89. The summed E-state index contributed by atoms with van der Waals surface area (Å²) >= 11 is 1.40. The van der Waals surface area contributed by atoms with Crippen molar-refractivity contribution in [2.75, 3.05) is 0 Å². The minimum absolute atomic E-state index is 0.285. The van der Waals surface area contributed by atoms with Gasteiger partial charge in [0.25, 0.3) is 0 Å². The van der Waals surface area contributed by atoms with Crippen LogP contribution in [0.3, 0.4) is 0 Å². The Labute approximate surface area is 83.6 Å². The van der Waals surface area contributed by atoms with Gasteiger partial charge in [-0.3, -0.25) is 4.57 Å². The van der Waals surface area contributed by atoms with Gasteiger partial charge in [0.2, 0.25) is 0 Å². The number of thiophene rings is 1. The number of aromatic nitrogens is 3. The summed E-state index contributed by atoms with van der Waals surface area (Å²) in [6.45, 7) is 1.87. The highest BCUT2D eigenvalue weighted by atomic mass is 32.1. The fourth-order valence-electron chi connectivity index (χ4n) is 1.15. The van der Waals surface area contributed by atoms with Crippen LogP contribution in [0.25, 0.3) is 5.00 Å². The molecular weight excluding hydrogens is 202 g/mol. The molecule has 0 saturated carbocycles. The van der Waals surface area contributed by atoms with E-state index in [9.17, 15) is 4.79 Å². The van der Waals surface area contributed by atoms with E-state index in [1.54, 1.807) is 10.6 Å². The SMILES string of the molecule is Cc1cc(C(=O)O)c(-n2cnnc2)s1. The molecule has 0 radical (unpaired) electrons. The van der Waals surface area contributed by atoms with E-state index in [0.717, 1.165) is 4.88 Å². The van der Waals surface area contributed by atoms with E-state index < -0.39 is 5.97 Å². The van der Waals surface area contributed by atoms with Crippen LogP contribution >= 0.6 is 11.3 Å². The van der Waals surface area contributed by atoms with E-state index >= 15 is 0 Å². The maximum Gasteiger partial charge on any atom is 0.338 e. The molecule has 0 bridgehead atoms. The summed E-state index contributed by atoms with van der Waals surface area (Å²) in [4.78, 5) is 11.8. The molecule has 0 spiro atoms. The number of hydrogen-bond acceptors (Lipinski definition) is 4. The Hall–Kier alpha value is -1.69. The number of hydrogen-bond donors (Lipinski definition) is 1. The average Bonchev–Trinajstić information content (AvgIpc) is 2.70. The highest BCUT2D eigenvalue weighted by Crippen LogP contribution is 2.25. The molecule has 0 aromatic carbocycles. The second kappa shape index (κ2) is 3.22. The normalized spacial score (nSPS) is 10.4. The Morgan fingerprint density at radius 1 is 1.50 bits per heavy atom. The molecule has 1 N–H and O–H groups in total. The van der Waals surface area contributed by atoms with Gasteiger partial charge >= 0.3 is 5.97 Å². The number of carboxylic acids is 1. The number of nitrogens with zero attached hydrogens (tertiary/aromatic N) is 3. The van der Waals surface area contributed by atoms with Crippen molar-refractivity contribution in [2.45, 2.75) is 6.92 Å². The summed E-state index contributed by atoms with van der Waals surface area (Å²) in [6, 6.07) is 1.64. The third kappa shape index (κ3) is 1.39. The number of aryl methyl sites for hydroxylation is 1. The predicted molar refractivity (Wildman–Crippen MR) is 50.9 cm³/mol. The minimum Gasteiger partial charge on any atom is -0.478 e. The second-order valence-corrected chi connectivity index (χ2v) is 3.98. The fraction of sp³-hybridized carbons (Fsp3) is 0.125. The fourth-order valence-corrected chi connectivity index (χ4v) is 2.09. The van der Waals surface area contributed by atoms with Gasteiger partial charge in [0.1, 0.15) is 17.7 Å². The molecule has 5 nitrogen and oxygen atoms in total. The van der Waals surface area contributed by atoms with E-state index in [-0.39, 0.29) is 5.56 Å². The second-order valence-electron chi connectivity index (χ2n) is 2.75. The van der Waals surface area contributed by atoms with Gasteiger partial charge < -0.3 is 5.11 Å². The van der Waals surface area contributed by atoms with Crippen molar-refractivity contribution in [3.8, 4) is 5.00 Å². The summed E-state index contributed by atoms with van der Waals surface area (Å²) in [7, 11) is 0. The smallest absolute Gasteiger partial charge is 0.338 e. The standard InChI is InChI=1S/C8H7N3O2S/c1-5-2-6(8(12)13)7(14-5)11-3-9-10-4-11/h2-4H,1H3,(H,12,13). The van der Waals surface area contributed by atoms with Gasteiger partial charge in [0.15, 0.2) is 0 Å². The first-order valence-electron chi connectivity index (χ1n) is 3.87. The van der Waals surface area contributed by atoms with Crippen molar-refractivity contribution in [3.63, 3.8) is 0 Å². The number of rotatable bonds is 2. The molecule has 14 heavy (non-hydrogen) atoms. The molecular formula is C8H7N3O2S. The van der Waals surface area contributed by atoms with Crippen LogP contribution < -0.4 is 0 Å².